The van der Waals surface area contributed by atoms with E-state index in [0.717, 1.165) is 29.8 Å². The van der Waals surface area contributed by atoms with Crippen molar-refractivity contribution in [3.8, 4) is 11.5 Å². The molecule has 0 saturated heterocycles. The summed E-state index contributed by atoms with van der Waals surface area (Å²) in [4.78, 5) is 70.1. The Kier molecular flexibility index (Phi) is 31.5. The number of carbonyl (C=O) groups is 5. The predicted octanol–water partition coefficient (Wildman–Crippen LogP) is 7.57. The van der Waals surface area contributed by atoms with Crippen LogP contribution in [0.5, 0.6) is 11.5 Å². The van der Waals surface area contributed by atoms with Crippen LogP contribution in [-0.4, -0.2) is 146 Å². The van der Waals surface area contributed by atoms with Crippen LogP contribution in [0.1, 0.15) is 103 Å². The van der Waals surface area contributed by atoms with Crippen LogP contribution in [0.25, 0.3) is 0 Å². The molecule has 0 aliphatic carbocycles. The lowest BCUT2D eigenvalue weighted by atomic mass is 10.0. The van der Waals surface area contributed by atoms with Crippen molar-refractivity contribution in [3.63, 3.8) is 0 Å². The summed E-state index contributed by atoms with van der Waals surface area (Å²) in [5, 5.41) is 28.6. The summed E-state index contributed by atoms with van der Waals surface area (Å²) in [5.41, 5.74) is 5.67. The summed E-state index contributed by atoms with van der Waals surface area (Å²) < 4.78 is 40.0. The molecule has 434 valence electrons. The lowest BCUT2D eigenvalue weighted by Gasteiger charge is -2.29. The number of anilines is 4. The second kappa shape index (κ2) is 37.3. The number of aliphatic imine (C=N–C) groups is 1. The van der Waals surface area contributed by atoms with Gasteiger partial charge in [0.25, 0.3) is 0 Å². The molecule has 3 aromatic carbocycles. The molecule has 3 unspecified atom stereocenters. The molecule has 21 nitrogen and oxygen atoms in total. The second-order valence-corrected chi connectivity index (χ2v) is 18.7. The molecule has 7 N–H and O–H groups in total. The summed E-state index contributed by atoms with van der Waals surface area (Å²) in [7, 11) is 3.63. The smallest absolute Gasteiger partial charge is 0.416 e. The first-order valence-corrected chi connectivity index (χ1v) is 27.2. The fraction of sp³-hybridized carbons (Fsp3) is 0.579. The molecule has 0 aliphatic rings. The number of unbranched alkanes of at least 4 members (excludes halogenated alkanes) is 1. The second-order valence-electron chi connectivity index (χ2n) is 18.7. The maximum absolute atomic E-state index is 13.9. The van der Waals surface area contributed by atoms with E-state index in [0.29, 0.717) is 125 Å². The number of benzene rings is 3. The van der Waals surface area contributed by atoms with Gasteiger partial charge in [-0.3, -0.25) is 29.1 Å². The normalized spacial score (nSPS) is 12.4. The van der Waals surface area contributed by atoms with Gasteiger partial charge in [-0.15, -0.1) is 0 Å². The summed E-state index contributed by atoms with van der Waals surface area (Å²) in [6.45, 7) is 18.5. The van der Waals surface area contributed by atoms with E-state index < -0.39 is 36.2 Å². The van der Waals surface area contributed by atoms with Gasteiger partial charge in [0.2, 0.25) is 23.6 Å². The van der Waals surface area contributed by atoms with E-state index >= 15 is 0 Å². The quantitative estimate of drug-likeness (QED) is 0.0165. The fourth-order valence-electron chi connectivity index (χ4n) is 7.48. The highest BCUT2D eigenvalue weighted by Crippen LogP contribution is 2.36. The Morgan fingerprint density at radius 3 is 1.86 bits per heavy atom. The van der Waals surface area contributed by atoms with E-state index in [2.05, 4.69) is 43.8 Å². The van der Waals surface area contributed by atoms with E-state index in [-0.39, 0.29) is 44.0 Å². The van der Waals surface area contributed by atoms with E-state index in [1.807, 2.05) is 52.2 Å². The van der Waals surface area contributed by atoms with Crippen LogP contribution >= 0.6 is 0 Å². The molecule has 78 heavy (non-hydrogen) atoms. The summed E-state index contributed by atoms with van der Waals surface area (Å²) in [6, 6.07) is 12.4. The third-order valence-corrected chi connectivity index (χ3v) is 12.0. The Morgan fingerprint density at radius 1 is 0.692 bits per heavy atom. The molecule has 3 atom stereocenters. The standard InChI is InChI=1S/C57H88N8O13/c1-11-14-22-60-45-36-49(46(58-9)34-40(45)6)76-24-15-25-77-50-37-48(41(7)35-47(50)59-10)65(53(68)16-12-2)57(71)78-38-43-17-19-44(20-18-43)63-55(69)42(8)62-56(70)54(39(4)5)64-52(67)21-26-72-28-30-74-32-33-75-31-29-73-27-23-61-51(66)13-3/h17-20,22,34-37,39,42,53-54,58-59,68H,11-16,21,23-33,38H2,1-10H3,(H,61,66)(H,62,70)(H,63,69)(H,64,67). The summed E-state index contributed by atoms with van der Waals surface area (Å²) in [5.74, 6) is -0.481. The van der Waals surface area contributed by atoms with Gasteiger partial charge in [-0.2, -0.15) is 0 Å². The number of rotatable bonds is 39. The lowest BCUT2D eigenvalue weighted by molar-refractivity contribution is -0.132. The number of nitrogens with one attached hydrogen (secondary N) is 6. The van der Waals surface area contributed by atoms with Crippen molar-refractivity contribution in [1.29, 1.82) is 0 Å². The van der Waals surface area contributed by atoms with Crippen LogP contribution in [0.2, 0.25) is 0 Å². The highest BCUT2D eigenvalue weighted by molar-refractivity contribution is 5.98. The average molecular weight is 1090 g/mol. The molecule has 0 bridgehead atoms. The Labute approximate surface area is 461 Å². The Hall–Kier alpha value is -6.52. The molecule has 3 aromatic rings. The number of amides is 5. The zero-order chi connectivity index (χ0) is 57.2. The molecule has 5 amide bonds. The molecule has 0 aliphatic heterocycles. The van der Waals surface area contributed by atoms with Crippen LogP contribution in [0.3, 0.4) is 0 Å². The molecule has 0 heterocycles. The van der Waals surface area contributed by atoms with Gasteiger partial charge in [0.1, 0.15) is 36.4 Å². The first-order valence-electron chi connectivity index (χ1n) is 27.2. The largest absolute Gasteiger partial charge is 0.491 e. The van der Waals surface area contributed by atoms with E-state index in [9.17, 15) is 29.1 Å². The first kappa shape index (κ1) is 65.8. The van der Waals surface area contributed by atoms with Crippen molar-refractivity contribution >= 4 is 64.4 Å². The van der Waals surface area contributed by atoms with Crippen molar-refractivity contribution in [2.24, 2.45) is 10.9 Å². The number of hydrogen-bond donors (Lipinski definition) is 7. The van der Waals surface area contributed by atoms with Gasteiger partial charge in [-0.25, -0.2) is 4.79 Å². The molecule has 0 saturated carbocycles. The maximum Gasteiger partial charge on any atom is 0.416 e. The Bertz CT molecular complexity index is 2320. The monoisotopic (exact) mass is 1090 g/mol. The number of hydrogen-bond acceptors (Lipinski definition) is 16. The van der Waals surface area contributed by atoms with E-state index in [1.54, 1.807) is 65.1 Å². The minimum Gasteiger partial charge on any atom is -0.491 e. The van der Waals surface area contributed by atoms with Crippen molar-refractivity contribution in [3.05, 3.63) is 65.2 Å². The van der Waals surface area contributed by atoms with Crippen molar-refractivity contribution in [2.75, 3.05) is 108 Å². The van der Waals surface area contributed by atoms with Crippen LogP contribution < -0.4 is 46.3 Å². The summed E-state index contributed by atoms with van der Waals surface area (Å²) >= 11 is 0. The number of aliphatic hydroxyl groups excluding tert-OH is 1. The maximum atomic E-state index is 13.9. The number of aliphatic hydroxyl groups is 1. The number of nitrogens with zero attached hydrogens (tertiary/aromatic N) is 2. The zero-order valence-corrected chi connectivity index (χ0v) is 47.7. The minimum absolute atomic E-state index is 0.0146. The zero-order valence-electron chi connectivity index (χ0n) is 47.7. The highest BCUT2D eigenvalue weighted by Gasteiger charge is 2.29. The number of carbonyl (C=O) groups excluding carboxylic acids is 5. The van der Waals surface area contributed by atoms with Crippen LogP contribution in [0.15, 0.2) is 53.5 Å². The van der Waals surface area contributed by atoms with Gasteiger partial charge in [0.15, 0.2) is 0 Å². The number of aryl methyl sites for hydroxylation is 2. The van der Waals surface area contributed by atoms with Crippen LogP contribution in [-0.2, 0) is 49.5 Å². The van der Waals surface area contributed by atoms with Gasteiger partial charge in [0, 0.05) is 63.9 Å². The molecule has 0 fully saturated rings. The fourth-order valence-corrected chi connectivity index (χ4v) is 7.48. The van der Waals surface area contributed by atoms with Crippen molar-refractivity contribution in [2.45, 2.75) is 125 Å². The SMILES string of the molecule is CCCC=Nc1cc(OCCCOc2cc(N(C(=O)OCc3ccc(NC(=O)C(C)NC(=O)C(NC(=O)CCOCCOCCOCCOCCNC(=O)CC)C(C)C)cc3)C(O)CCC)c(C)cc2NC)c(NC)cc1C. The molecule has 0 spiro atoms. The Balaban J connectivity index is 1.46. The lowest BCUT2D eigenvalue weighted by Crippen LogP contribution is -2.53. The molecular formula is C57H88N8O13. The highest BCUT2D eigenvalue weighted by atomic mass is 16.6. The molecule has 0 aromatic heterocycles. The van der Waals surface area contributed by atoms with Gasteiger partial charge in [-0.1, -0.05) is 59.6 Å². The van der Waals surface area contributed by atoms with Crippen LogP contribution in [0, 0.1) is 19.8 Å². The van der Waals surface area contributed by atoms with Crippen LogP contribution in [0.4, 0.5) is 33.2 Å². The van der Waals surface area contributed by atoms with E-state index in [1.165, 1.54) is 4.90 Å². The van der Waals surface area contributed by atoms with Gasteiger partial charge in [0.05, 0.1) is 88.8 Å². The third kappa shape index (κ3) is 24.0. The van der Waals surface area contributed by atoms with Gasteiger partial charge < -0.3 is 70.2 Å². The topological polar surface area (TPSA) is 258 Å². The van der Waals surface area contributed by atoms with Gasteiger partial charge >= 0.3 is 6.09 Å². The molecule has 3 rings (SSSR count). The first-order chi connectivity index (χ1) is 37.6. The van der Waals surface area contributed by atoms with E-state index in [4.69, 9.17) is 33.2 Å². The predicted molar refractivity (Wildman–Crippen MR) is 304 cm³/mol. The third-order valence-electron chi connectivity index (χ3n) is 12.0. The molecule has 21 heteroatoms. The molecular weight excluding hydrogens is 1000 g/mol. The van der Waals surface area contributed by atoms with Gasteiger partial charge in [-0.05, 0) is 80.5 Å². The Morgan fingerprint density at radius 2 is 1.28 bits per heavy atom. The number of ether oxygens (including phenoxy) is 7. The van der Waals surface area contributed by atoms with Crippen molar-refractivity contribution < 1.29 is 62.2 Å². The average Bonchev–Trinajstić information content (AvgIpc) is 3.42. The van der Waals surface area contributed by atoms with Crippen molar-refractivity contribution in [1.82, 2.24) is 16.0 Å². The minimum atomic E-state index is -1.19. The molecule has 0 radical (unpaired) electrons. The summed E-state index contributed by atoms with van der Waals surface area (Å²) in [6.07, 6.45) is 3.80.